The largest absolute Gasteiger partial charge is 0.307 e. The van der Waals surface area contributed by atoms with Crippen LogP contribution in [0.4, 0.5) is 15.8 Å². The molecule has 1 aliphatic heterocycles. The van der Waals surface area contributed by atoms with Crippen LogP contribution in [0.2, 0.25) is 0 Å². The van der Waals surface area contributed by atoms with E-state index >= 15 is 0 Å². The average Bonchev–Trinajstić information content (AvgIpc) is 2.99. The Morgan fingerprint density at radius 2 is 2.00 bits per heavy atom. The summed E-state index contributed by atoms with van der Waals surface area (Å²) in [6, 6.07) is 14.2. The van der Waals surface area contributed by atoms with Crippen LogP contribution < -0.4 is 4.90 Å². The molecule has 1 amide bonds. The maximum atomic E-state index is 13.9. The molecule has 2 aromatic carbocycles. The molecule has 4 rings (SSSR count). The standard InChI is InChI=1S/C22H16FN3O/c1-14-7-8-15(9-18(14)23)17-10-21-20(25-12-17)11-22(27)26(21)13-16-5-3-4-6-19(16)24-2/h3-10,12H,11,13H2,1H3. The lowest BCUT2D eigenvalue weighted by atomic mass is 10.0. The van der Waals surface area contributed by atoms with E-state index in [9.17, 15) is 9.18 Å². The van der Waals surface area contributed by atoms with E-state index in [4.69, 9.17) is 6.57 Å². The lowest BCUT2D eigenvalue weighted by molar-refractivity contribution is -0.117. The van der Waals surface area contributed by atoms with Crippen molar-refractivity contribution in [2.45, 2.75) is 19.9 Å². The van der Waals surface area contributed by atoms with Gasteiger partial charge < -0.3 is 4.90 Å². The van der Waals surface area contributed by atoms with Crippen LogP contribution in [0.1, 0.15) is 16.8 Å². The summed E-state index contributed by atoms with van der Waals surface area (Å²) in [5.41, 5.74) is 4.80. The Hall–Kier alpha value is -3.52. The molecule has 27 heavy (non-hydrogen) atoms. The SMILES string of the molecule is [C-]#[N+]c1ccccc1CN1C(=O)Cc2ncc(-c3ccc(C)c(F)c3)cc21. The third-order valence-electron chi connectivity index (χ3n) is 4.80. The lowest BCUT2D eigenvalue weighted by Crippen LogP contribution is -2.26. The van der Waals surface area contributed by atoms with Crippen LogP contribution in [-0.4, -0.2) is 10.9 Å². The van der Waals surface area contributed by atoms with Crippen LogP contribution in [0.5, 0.6) is 0 Å². The number of pyridine rings is 1. The average molecular weight is 357 g/mol. The van der Waals surface area contributed by atoms with Gasteiger partial charge in [0.2, 0.25) is 5.91 Å². The maximum Gasteiger partial charge on any atom is 0.233 e. The number of aryl methyl sites for hydroxylation is 1. The third-order valence-corrected chi connectivity index (χ3v) is 4.80. The van der Waals surface area contributed by atoms with Crippen LogP contribution in [0, 0.1) is 19.3 Å². The predicted molar refractivity (Wildman–Crippen MR) is 102 cm³/mol. The molecule has 0 unspecified atom stereocenters. The van der Waals surface area contributed by atoms with Gasteiger partial charge in [-0.05, 0) is 35.7 Å². The number of nitrogens with zero attached hydrogens (tertiary/aromatic N) is 3. The van der Waals surface area contributed by atoms with Crippen molar-refractivity contribution in [1.29, 1.82) is 0 Å². The molecule has 0 bridgehead atoms. The van der Waals surface area contributed by atoms with Crippen molar-refractivity contribution >= 4 is 17.3 Å². The van der Waals surface area contributed by atoms with E-state index in [-0.39, 0.29) is 18.1 Å². The van der Waals surface area contributed by atoms with E-state index in [1.54, 1.807) is 30.2 Å². The van der Waals surface area contributed by atoms with E-state index in [2.05, 4.69) is 9.83 Å². The first-order valence-electron chi connectivity index (χ1n) is 8.58. The van der Waals surface area contributed by atoms with Crippen LogP contribution in [0.3, 0.4) is 0 Å². The molecule has 4 nitrogen and oxygen atoms in total. The van der Waals surface area contributed by atoms with E-state index in [1.807, 2.05) is 30.3 Å². The highest BCUT2D eigenvalue weighted by Gasteiger charge is 2.29. The number of aromatic nitrogens is 1. The first-order valence-corrected chi connectivity index (χ1v) is 8.58. The molecule has 0 N–H and O–H groups in total. The minimum absolute atomic E-state index is 0.0514. The second-order valence-electron chi connectivity index (χ2n) is 6.55. The van der Waals surface area contributed by atoms with Crippen LogP contribution >= 0.6 is 0 Å². The number of hydrogen-bond acceptors (Lipinski definition) is 2. The molecule has 0 aliphatic carbocycles. The number of hydrogen-bond donors (Lipinski definition) is 0. The summed E-state index contributed by atoms with van der Waals surface area (Å²) in [6.07, 6.45) is 1.91. The van der Waals surface area contributed by atoms with Crippen molar-refractivity contribution in [3.8, 4) is 11.1 Å². The number of benzene rings is 2. The van der Waals surface area contributed by atoms with E-state index in [1.165, 1.54) is 6.07 Å². The molecular formula is C22H16FN3O. The van der Waals surface area contributed by atoms with Crippen molar-refractivity contribution in [2.75, 3.05) is 4.90 Å². The van der Waals surface area contributed by atoms with E-state index in [0.29, 0.717) is 29.1 Å². The zero-order valence-electron chi connectivity index (χ0n) is 14.7. The second-order valence-corrected chi connectivity index (χ2v) is 6.55. The predicted octanol–water partition coefficient (Wildman–Crippen LogP) is 4.84. The monoisotopic (exact) mass is 357 g/mol. The van der Waals surface area contributed by atoms with Crippen LogP contribution in [0.25, 0.3) is 16.0 Å². The molecule has 132 valence electrons. The molecule has 3 aromatic rings. The fraction of sp³-hybridized carbons (Fsp3) is 0.136. The van der Waals surface area contributed by atoms with Crippen molar-refractivity contribution in [3.63, 3.8) is 0 Å². The Labute approximate surface area is 156 Å². The van der Waals surface area contributed by atoms with E-state index in [0.717, 1.165) is 16.8 Å². The summed E-state index contributed by atoms with van der Waals surface area (Å²) in [4.78, 5) is 22.1. The smallest absolute Gasteiger partial charge is 0.233 e. The fourth-order valence-corrected chi connectivity index (χ4v) is 3.25. The molecular weight excluding hydrogens is 341 g/mol. The molecule has 1 aromatic heterocycles. The second kappa shape index (κ2) is 6.65. The molecule has 5 heteroatoms. The summed E-state index contributed by atoms with van der Waals surface area (Å²) in [5, 5.41) is 0. The number of carbonyl (C=O) groups is 1. The Morgan fingerprint density at radius 1 is 1.19 bits per heavy atom. The van der Waals surface area contributed by atoms with E-state index < -0.39 is 0 Å². The topological polar surface area (TPSA) is 37.6 Å². The number of anilines is 1. The highest BCUT2D eigenvalue weighted by Crippen LogP contribution is 2.34. The Bertz CT molecular complexity index is 1100. The highest BCUT2D eigenvalue weighted by molar-refractivity contribution is 6.01. The lowest BCUT2D eigenvalue weighted by Gasteiger charge is -2.19. The van der Waals surface area contributed by atoms with Gasteiger partial charge >= 0.3 is 0 Å². The summed E-state index contributed by atoms with van der Waals surface area (Å²) < 4.78 is 13.9. The van der Waals surface area contributed by atoms with Crippen molar-refractivity contribution in [2.24, 2.45) is 0 Å². The summed E-state index contributed by atoms with van der Waals surface area (Å²) >= 11 is 0. The molecule has 0 saturated carbocycles. The van der Waals surface area contributed by atoms with Gasteiger partial charge in [-0.1, -0.05) is 36.4 Å². The van der Waals surface area contributed by atoms with Gasteiger partial charge in [0, 0.05) is 18.3 Å². The van der Waals surface area contributed by atoms with Crippen molar-refractivity contribution in [3.05, 3.63) is 88.8 Å². The number of para-hydroxylation sites is 1. The number of halogens is 1. The van der Waals surface area contributed by atoms with Crippen LogP contribution in [0.15, 0.2) is 54.7 Å². The summed E-state index contributed by atoms with van der Waals surface area (Å²) in [5.74, 6) is -0.323. The van der Waals surface area contributed by atoms with Gasteiger partial charge in [0.05, 0.1) is 24.4 Å². The Balaban J connectivity index is 1.73. The van der Waals surface area contributed by atoms with Gasteiger partial charge in [-0.25, -0.2) is 9.24 Å². The molecule has 2 heterocycles. The third kappa shape index (κ3) is 3.06. The zero-order chi connectivity index (χ0) is 19.0. The van der Waals surface area contributed by atoms with Gasteiger partial charge in [-0.15, -0.1) is 0 Å². The quantitative estimate of drug-likeness (QED) is 0.629. The highest BCUT2D eigenvalue weighted by atomic mass is 19.1. The molecule has 0 saturated heterocycles. The molecule has 1 aliphatic rings. The first-order chi connectivity index (χ1) is 13.1. The molecule has 0 fully saturated rings. The summed E-state index contributed by atoms with van der Waals surface area (Å²) in [6.45, 7) is 9.35. The number of fused-ring (bicyclic) bond motifs is 1. The van der Waals surface area contributed by atoms with Crippen molar-refractivity contribution < 1.29 is 9.18 Å². The molecule has 0 spiro atoms. The van der Waals surface area contributed by atoms with Gasteiger partial charge in [0.25, 0.3) is 0 Å². The first kappa shape index (κ1) is 16.9. The number of amides is 1. The van der Waals surface area contributed by atoms with Gasteiger partial charge in [-0.3, -0.25) is 9.78 Å². The normalized spacial score (nSPS) is 12.8. The summed E-state index contributed by atoms with van der Waals surface area (Å²) in [7, 11) is 0. The Morgan fingerprint density at radius 3 is 2.78 bits per heavy atom. The minimum Gasteiger partial charge on any atom is -0.307 e. The zero-order valence-corrected chi connectivity index (χ0v) is 14.7. The van der Waals surface area contributed by atoms with Gasteiger partial charge in [0.1, 0.15) is 5.82 Å². The van der Waals surface area contributed by atoms with Gasteiger partial charge in [-0.2, -0.15) is 0 Å². The molecule has 0 radical (unpaired) electrons. The fourth-order valence-electron chi connectivity index (χ4n) is 3.25. The number of rotatable bonds is 3. The van der Waals surface area contributed by atoms with Crippen molar-refractivity contribution in [1.82, 2.24) is 4.98 Å². The minimum atomic E-state index is -0.271. The van der Waals surface area contributed by atoms with Gasteiger partial charge in [0.15, 0.2) is 5.69 Å². The molecule has 0 atom stereocenters. The maximum absolute atomic E-state index is 13.9. The number of carbonyl (C=O) groups excluding carboxylic acids is 1. The Kier molecular flexibility index (Phi) is 4.17. The van der Waals surface area contributed by atoms with Crippen LogP contribution in [-0.2, 0) is 17.8 Å².